The van der Waals surface area contributed by atoms with Crippen molar-refractivity contribution in [1.29, 1.82) is 0 Å². The van der Waals surface area contributed by atoms with Crippen LogP contribution >= 0.6 is 11.6 Å². The van der Waals surface area contributed by atoms with Gasteiger partial charge in [-0.2, -0.15) is 18.2 Å². The minimum absolute atomic E-state index is 0.00431. The fourth-order valence-electron chi connectivity index (χ4n) is 0.945. The molecule has 0 saturated carbocycles. The number of alkyl halides is 3. The number of nitrogens with one attached hydrogen (secondary N) is 2. The lowest BCUT2D eigenvalue weighted by Gasteiger charge is -2.14. The Morgan fingerprint density at radius 2 is 2.17 bits per heavy atom. The second kappa shape index (κ2) is 5.80. The average Bonchev–Trinajstić information content (AvgIpc) is 2.24. The van der Waals surface area contributed by atoms with Crippen LogP contribution in [-0.4, -0.2) is 39.6 Å². The normalized spacial score (nSPS) is 12.9. The summed E-state index contributed by atoms with van der Waals surface area (Å²) in [6, 6.07) is -0.939. The van der Waals surface area contributed by atoms with Gasteiger partial charge < -0.3 is 10.6 Å². The summed E-state index contributed by atoms with van der Waals surface area (Å²) in [5.41, 5.74) is 0. The molecule has 1 unspecified atom stereocenters. The summed E-state index contributed by atoms with van der Waals surface area (Å²) in [5, 5.41) is 4.13. The van der Waals surface area contributed by atoms with Crippen LogP contribution in [-0.2, 0) is 4.79 Å². The molecule has 0 aliphatic rings. The highest BCUT2D eigenvalue weighted by Crippen LogP contribution is 2.12. The molecule has 2 N–H and O–H groups in total. The Morgan fingerprint density at radius 1 is 1.50 bits per heavy atom. The van der Waals surface area contributed by atoms with Crippen LogP contribution in [0.4, 0.5) is 19.1 Å². The number of rotatable bonds is 4. The topological polar surface area (TPSA) is 79.8 Å². The molecule has 1 heterocycles. The third-order valence-electron chi connectivity index (χ3n) is 1.74. The van der Waals surface area contributed by atoms with E-state index in [1.165, 1.54) is 6.92 Å². The van der Waals surface area contributed by atoms with E-state index in [1.54, 1.807) is 5.32 Å². The zero-order valence-electron chi connectivity index (χ0n) is 9.12. The third-order valence-corrected chi connectivity index (χ3v) is 1.93. The summed E-state index contributed by atoms with van der Waals surface area (Å²) in [6.45, 7) is -0.0286. The second-order valence-corrected chi connectivity index (χ2v) is 3.62. The molecule has 0 aliphatic heterocycles. The molecule has 1 rings (SSSR count). The molecule has 0 bridgehead atoms. The number of aromatic nitrogens is 3. The first-order valence-corrected chi connectivity index (χ1v) is 5.11. The van der Waals surface area contributed by atoms with E-state index in [0.717, 1.165) is 6.33 Å². The lowest BCUT2D eigenvalue weighted by Crippen LogP contribution is -2.42. The Morgan fingerprint density at radius 3 is 2.72 bits per heavy atom. The van der Waals surface area contributed by atoms with Crippen LogP contribution in [0, 0.1) is 0 Å². The first-order valence-electron chi connectivity index (χ1n) is 4.73. The van der Waals surface area contributed by atoms with Crippen molar-refractivity contribution in [2.45, 2.75) is 19.1 Å². The maximum atomic E-state index is 11.9. The highest BCUT2D eigenvalue weighted by molar-refractivity contribution is 6.28. The molecule has 100 valence electrons. The van der Waals surface area contributed by atoms with E-state index in [1.807, 2.05) is 0 Å². The number of amides is 1. The van der Waals surface area contributed by atoms with Gasteiger partial charge in [-0.05, 0) is 18.5 Å². The number of hydrogen-bond acceptors (Lipinski definition) is 5. The number of nitrogens with zero attached hydrogens (tertiary/aromatic N) is 3. The van der Waals surface area contributed by atoms with Crippen molar-refractivity contribution in [2.75, 3.05) is 11.9 Å². The van der Waals surface area contributed by atoms with Gasteiger partial charge in [-0.25, -0.2) is 9.97 Å². The van der Waals surface area contributed by atoms with Crippen LogP contribution in [0.3, 0.4) is 0 Å². The molecule has 0 aromatic carbocycles. The average molecular weight is 284 g/mol. The summed E-state index contributed by atoms with van der Waals surface area (Å²) >= 11 is 5.48. The number of anilines is 1. The predicted molar refractivity (Wildman–Crippen MR) is 57.0 cm³/mol. The van der Waals surface area contributed by atoms with Crippen LogP contribution < -0.4 is 10.6 Å². The van der Waals surface area contributed by atoms with Crippen molar-refractivity contribution >= 4 is 23.5 Å². The van der Waals surface area contributed by atoms with Gasteiger partial charge in [-0.1, -0.05) is 0 Å². The zero-order valence-corrected chi connectivity index (χ0v) is 9.88. The molecular weight excluding hydrogens is 275 g/mol. The Hall–Kier alpha value is -1.64. The summed E-state index contributed by atoms with van der Waals surface area (Å²) in [5.74, 6) is -0.825. The van der Waals surface area contributed by atoms with E-state index in [9.17, 15) is 18.0 Å². The van der Waals surface area contributed by atoms with Crippen LogP contribution in [0.15, 0.2) is 6.33 Å². The van der Waals surface area contributed by atoms with Crippen molar-refractivity contribution in [3.8, 4) is 0 Å². The molecule has 1 aromatic heterocycles. The summed E-state index contributed by atoms with van der Waals surface area (Å²) in [6.07, 6.45) is -3.34. The molecule has 0 fully saturated rings. The van der Waals surface area contributed by atoms with E-state index >= 15 is 0 Å². The molecule has 18 heavy (non-hydrogen) atoms. The minimum Gasteiger partial charge on any atom is -0.345 e. The number of hydrogen-bond donors (Lipinski definition) is 2. The fraction of sp³-hybridized carbons (Fsp3) is 0.500. The van der Waals surface area contributed by atoms with Crippen molar-refractivity contribution in [2.24, 2.45) is 0 Å². The molecule has 0 aliphatic carbocycles. The Balaban J connectivity index is 2.50. The van der Waals surface area contributed by atoms with Gasteiger partial charge in [0.2, 0.25) is 17.1 Å². The van der Waals surface area contributed by atoms with Gasteiger partial charge in [0.1, 0.15) is 18.9 Å². The number of halogens is 4. The monoisotopic (exact) mass is 283 g/mol. The third kappa shape index (κ3) is 5.13. The predicted octanol–water partition coefficient (Wildman–Crippen LogP) is 1.00. The standard InChI is InChI=1S/C8H9ClF3N5O/c1-4(5(18)13-2-8(10,11)12)16-7-15-3-14-6(9)17-7/h3-4H,2H2,1H3,(H,13,18)(H,14,15,16,17). The molecule has 0 saturated heterocycles. The molecule has 6 nitrogen and oxygen atoms in total. The highest BCUT2D eigenvalue weighted by atomic mass is 35.5. The van der Waals surface area contributed by atoms with Gasteiger partial charge in [-0.15, -0.1) is 0 Å². The molecule has 1 amide bonds. The molecule has 0 spiro atoms. The van der Waals surface area contributed by atoms with Gasteiger partial charge >= 0.3 is 6.18 Å². The van der Waals surface area contributed by atoms with Gasteiger partial charge in [0, 0.05) is 0 Å². The first-order chi connectivity index (χ1) is 8.28. The van der Waals surface area contributed by atoms with Crippen LogP contribution in [0.5, 0.6) is 0 Å². The van der Waals surface area contributed by atoms with Crippen molar-refractivity contribution in [3.05, 3.63) is 11.6 Å². The van der Waals surface area contributed by atoms with Gasteiger partial charge in [0.05, 0.1) is 0 Å². The smallest absolute Gasteiger partial charge is 0.345 e. The van der Waals surface area contributed by atoms with Gasteiger partial charge in [0.25, 0.3) is 0 Å². The minimum atomic E-state index is -4.45. The molecule has 0 radical (unpaired) electrons. The van der Waals surface area contributed by atoms with E-state index in [-0.39, 0.29) is 11.2 Å². The zero-order chi connectivity index (χ0) is 13.8. The van der Waals surface area contributed by atoms with Crippen molar-refractivity contribution in [1.82, 2.24) is 20.3 Å². The maximum absolute atomic E-state index is 11.9. The van der Waals surface area contributed by atoms with Crippen molar-refractivity contribution in [3.63, 3.8) is 0 Å². The second-order valence-electron chi connectivity index (χ2n) is 3.28. The van der Waals surface area contributed by atoms with Crippen LogP contribution in [0.2, 0.25) is 5.28 Å². The summed E-state index contributed by atoms with van der Waals surface area (Å²) < 4.78 is 35.6. The van der Waals surface area contributed by atoms with Gasteiger partial charge in [-0.3, -0.25) is 4.79 Å². The summed E-state index contributed by atoms with van der Waals surface area (Å²) in [7, 11) is 0. The van der Waals surface area contributed by atoms with Gasteiger partial charge in [0.15, 0.2) is 0 Å². The molecule has 10 heteroatoms. The molecule has 1 atom stereocenters. The van der Waals surface area contributed by atoms with Crippen LogP contribution in [0.25, 0.3) is 0 Å². The van der Waals surface area contributed by atoms with E-state index in [4.69, 9.17) is 11.6 Å². The lowest BCUT2D eigenvalue weighted by molar-refractivity contribution is -0.138. The first kappa shape index (κ1) is 14.4. The maximum Gasteiger partial charge on any atom is 0.405 e. The van der Waals surface area contributed by atoms with Crippen molar-refractivity contribution < 1.29 is 18.0 Å². The molecular formula is C8H9ClF3N5O. The summed E-state index contributed by atoms with van der Waals surface area (Å²) in [4.78, 5) is 22.1. The van der Waals surface area contributed by atoms with E-state index in [2.05, 4.69) is 20.3 Å². The fourth-order valence-corrected chi connectivity index (χ4v) is 1.07. The van der Waals surface area contributed by atoms with E-state index in [0.29, 0.717) is 0 Å². The largest absolute Gasteiger partial charge is 0.405 e. The Bertz CT molecular complexity index is 427. The number of carbonyl (C=O) groups excluding carboxylic acids is 1. The highest BCUT2D eigenvalue weighted by Gasteiger charge is 2.28. The number of carbonyl (C=O) groups is 1. The van der Waals surface area contributed by atoms with E-state index < -0.39 is 24.7 Å². The SMILES string of the molecule is CC(Nc1ncnc(Cl)n1)C(=O)NCC(F)(F)F. The molecule has 1 aromatic rings. The Kier molecular flexibility index (Phi) is 4.65. The lowest BCUT2D eigenvalue weighted by atomic mass is 10.3. The van der Waals surface area contributed by atoms with Crippen LogP contribution in [0.1, 0.15) is 6.92 Å². The quantitative estimate of drug-likeness (QED) is 0.862. The Labute approximate surface area is 105 Å².